The van der Waals surface area contributed by atoms with Crippen molar-refractivity contribution in [3.8, 4) is 6.07 Å². The van der Waals surface area contributed by atoms with Gasteiger partial charge in [-0.05, 0) is 6.92 Å². The standard InChI is InChI=1S/C7H6ClN3O/c1-5-7(8)6(4-9)10-11(5)2-3-12/h3H,2H2,1H3. The summed E-state index contributed by atoms with van der Waals surface area (Å²) in [6.45, 7) is 1.84. The largest absolute Gasteiger partial charge is 0.301 e. The molecule has 0 bridgehead atoms. The van der Waals surface area contributed by atoms with Gasteiger partial charge in [0.2, 0.25) is 0 Å². The molecule has 0 aliphatic heterocycles. The summed E-state index contributed by atoms with van der Waals surface area (Å²) in [5, 5.41) is 12.7. The van der Waals surface area contributed by atoms with Crippen LogP contribution in [0, 0.1) is 18.3 Å². The number of carbonyl (C=O) groups excluding carboxylic acids is 1. The summed E-state index contributed by atoms with van der Waals surface area (Å²) >= 11 is 5.73. The topological polar surface area (TPSA) is 58.7 Å². The summed E-state index contributed by atoms with van der Waals surface area (Å²) in [6, 6.07) is 1.84. The molecule has 0 aliphatic rings. The van der Waals surface area contributed by atoms with E-state index in [9.17, 15) is 4.79 Å². The molecule has 0 radical (unpaired) electrons. The van der Waals surface area contributed by atoms with Crippen LogP contribution in [0.3, 0.4) is 0 Å². The Morgan fingerprint density at radius 2 is 2.50 bits per heavy atom. The lowest BCUT2D eigenvalue weighted by atomic mass is 10.4. The van der Waals surface area contributed by atoms with Gasteiger partial charge in [0.15, 0.2) is 5.69 Å². The molecule has 0 saturated carbocycles. The first-order chi connectivity index (χ1) is 5.70. The van der Waals surface area contributed by atoms with Gasteiger partial charge in [0.05, 0.1) is 17.3 Å². The molecule has 0 aliphatic carbocycles. The van der Waals surface area contributed by atoms with Gasteiger partial charge in [-0.25, -0.2) is 0 Å². The average molecular weight is 184 g/mol. The van der Waals surface area contributed by atoms with E-state index in [0.717, 1.165) is 0 Å². The van der Waals surface area contributed by atoms with Crippen LogP contribution >= 0.6 is 11.6 Å². The zero-order chi connectivity index (χ0) is 9.14. The average Bonchev–Trinajstić information content (AvgIpc) is 2.33. The molecular formula is C7H6ClN3O. The highest BCUT2D eigenvalue weighted by atomic mass is 35.5. The van der Waals surface area contributed by atoms with Gasteiger partial charge in [0, 0.05) is 0 Å². The number of halogens is 1. The van der Waals surface area contributed by atoms with Crippen LogP contribution < -0.4 is 0 Å². The van der Waals surface area contributed by atoms with Crippen molar-refractivity contribution in [3.05, 3.63) is 16.4 Å². The fourth-order valence-corrected chi connectivity index (χ4v) is 1.02. The van der Waals surface area contributed by atoms with Crippen LogP contribution in [0.1, 0.15) is 11.4 Å². The van der Waals surface area contributed by atoms with Crippen molar-refractivity contribution in [1.29, 1.82) is 5.26 Å². The maximum atomic E-state index is 10.1. The second-order valence-corrected chi connectivity index (χ2v) is 2.59. The normalized spacial score (nSPS) is 9.42. The first-order valence-corrected chi connectivity index (χ1v) is 3.65. The Morgan fingerprint density at radius 3 is 2.92 bits per heavy atom. The number of aldehydes is 1. The lowest BCUT2D eigenvalue weighted by Crippen LogP contribution is -2.02. The monoisotopic (exact) mass is 183 g/mol. The second kappa shape index (κ2) is 3.37. The Kier molecular flexibility index (Phi) is 2.46. The lowest BCUT2D eigenvalue weighted by Gasteiger charge is -1.95. The van der Waals surface area contributed by atoms with E-state index in [4.69, 9.17) is 16.9 Å². The van der Waals surface area contributed by atoms with E-state index in [0.29, 0.717) is 17.0 Å². The van der Waals surface area contributed by atoms with E-state index >= 15 is 0 Å². The molecule has 0 N–H and O–H groups in total. The fourth-order valence-electron chi connectivity index (χ4n) is 0.844. The van der Waals surface area contributed by atoms with Crippen LogP contribution in [0.25, 0.3) is 0 Å². The third kappa shape index (κ3) is 1.31. The summed E-state index contributed by atoms with van der Waals surface area (Å²) < 4.78 is 1.40. The maximum absolute atomic E-state index is 10.1. The Labute approximate surface area is 74.4 Å². The van der Waals surface area contributed by atoms with Crippen molar-refractivity contribution in [2.75, 3.05) is 0 Å². The molecule has 1 aromatic rings. The van der Waals surface area contributed by atoms with Crippen molar-refractivity contribution in [3.63, 3.8) is 0 Å². The van der Waals surface area contributed by atoms with Gasteiger partial charge in [-0.15, -0.1) is 0 Å². The SMILES string of the molecule is Cc1c(Cl)c(C#N)nn1CC=O. The number of aromatic nitrogens is 2. The third-order valence-electron chi connectivity index (χ3n) is 1.49. The molecule has 0 aromatic carbocycles. The Bertz CT molecular complexity index is 350. The lowest BCUT2D eigenvalue weighted by molar-refractivity contribution is -0.108. The molecule has 0 amide bonds. The number of carbonyl (C=O) groups is 1. The quantitative estimate of drug-likeness (QED) is 0.641. The Morgan fingerprint density at radius 1 is 1.83 bits per heavy atom. The number of rotatable bonds is 2. The molecule has 12 heavy (non-hydrogen) atoms. The van der Waals surface area contributed by atoms with Crippen molar-refractivity contribution < 1.29 is 4.79 Å². The highest BCUT2D eigenvalue weighted by Gasteiger charge is 2.10. The molecule has 5 heteroatoms. The van der Waals surface area contributed by atoms with Gasteiger partial charge in [-0.3, -0.25) is 4.68 Å². The number of hydrogen-bond donors (Lipinski definition) is 0. The van der Waals surface area contributed by atoms with Gasteiger partial charge in [-0.2, -0.15) is 10.4 Å². The van der Waals surface area contributed by atoms with Crippen molar-refractivity contribution in [2.24, 2.45) is 0 Å². The van der Waals surface area contributed by atoms with Crippen LogP contribution in [0.5, 0.6) is 0 Å². The molecule has 1 aromatic heterocycles. The zero-order valence-electron chi connectivity index (χ0n) is 6.41. The Hall–Kier alpha value is -1.34. The molecule has 0 atom stereocenters. The van der Waals surface area contributed by atoms with Gasteiger partial charge >= 0.3 is 0 Å². The Balaban J connectivity index is 3.17. The van der Waals surface area contributed by atoms with Crippen LogP contribution in [0.15, 0.2) is 0 Å². The summed E-state index contributed by atoms with van der Waals surface area (Å²) in [6.07, 6.45) is 0.706. The van der Waals surface area contributed by atoms with Crippen LogP contribution in [0.4, 0.5) is 0 Å². The van der Waals surface area contributed by atoms with Crippen LogP contribution in [-0.2, 0) is 11.3 Å². The molecule has 0 unspecified atom stereocenters. The van der Waals surface area contributed by atoms with Crippen LogP contribution in [-0.4, -0.2) is 16.1 Å². The minimum Gasteiger partial charge on any atom is -0.301 e. The van der Waals surface area contributed by atoms with Crippen LogP contribution in [0.2, 0.25) is 5.02 Å². The van der Waals surface area contributed by atoms with E-state index < -0.39 is 0 Å². The van der Waals surface area contributed by atoms with E-state index in [1.165, 1.54) is 4.68 Å². The smallest absolute Gasteiger partial charge is 0.181 e. The molecule has 0 fully saturated rings. The van der Waals surface area contributed by atoms with E-state index in [1.54, 1.807) is 6.92 Å². The number of nitriles is 1. The first kappa shape index (κ1) is 8.75. The zero-order valence-corrected chi connectivity index (χ0v) is 7.17. The minimum atomic E-state index is 0.132. The number of hydrogen-bond acceptors (Lipinski definition) is 3. The molecule has 1 rings (SSSR count). The molecule has 62 valence electrons. The van der Waals surface area contributed by atoms with E-state index in [1.807, 2.05) is 6.07 Å². The van der Waals surface area contributed by atoms with Gasteiger partial charge < -0.3 is 4.79 Å². The summed E-state index contributed by atoms with van der Waals surface area (Å²) in [5.41, 5.74) is 0.802. The van der Waals surface area contributed by atoms with E-state index in [2.05, 4.69) is 5.10 Å². The van der Waals surface area contributed by atoms with Crippen molar-refractivity contribution in [1.82, 2.24) is 9.78 Å². The molecular weight excluding hydrogens is 178 g/mol. The molecule has 1 heterocycles. The summed E-state index contributed by atoms with van der Waals surface area (Å²) in [5.74, 6) is 0. The first-order valence-electron chi connectivity index (χ1n) is 3.27. The van der Waals surface area contributed by atoms with Gasteiger partial charge in [0.25, 0.3) is 0 Å². The van der Waals surface area contributed by atoms with Gasteiger partial charge in [0.1, 0.15) is 12.4 Å². The highest BCUT2D eigenvalue weighted by Crippen LogP contribution is 2.18. The van der Waals surface area contributed by atoms with Crippen molar-refractivity contribution >= 4 is 17.9 Å². The fraction of sp³-hybridized carbons (Fsp3) is 0.286. The highest BCUT2D eigenvalue weighted by molar-refractivity contribution is 6.32. The predicted octanol–water partition coefficient (Wildman–Crippen LogP) is 0.915. The van der Waals surface area contributed by atoms with E-state index in [-0.39, 0.29) is 12.2 Å². The third-order valence-corrected chi connectivity index (χ3v) is 1.94. The van der Waals surface area contributed by atoms with Crippen molar-refractivity contribution in [2.45, 2.75) is 13.5 Å². The maximum Gasteiger partial charge on any atom is 0.181 e. The molecule has 4 nitrogen and oxygen atoms in total. The molecule has 0 saturated heterocycles. The summed E-state index contributed by atoms with van der Waals surface area (Å²) in [4.78, 5) is 10.1. The number of nitrogens with zero attached hydrogens (tertiary/aromatic N) is 3. The van der Waals surface area contributed by atoms with Gasteiger partial charge in [-0.1, -0.05) is 11.6 Å². The second-order valence-electron chi connectivity index (χ2n) is 2.21. The minimum absolute atomic E-state index is 0.132. The predicted molar refractivity (Wildman–Crippen MR) is 42.8 cm³/mol. The summed E-state index contributed by atoms with van der Waals surface area (Å²) in [7, 11) is 0. The molecule has 0 spiro atoms.